The van der Waals surface area contributed by atoms with E-state index in [1.54, 1.807) is 24.3 Å². The second-order valence-corrected chi connectivity index (χ2v) is 4.09. The van der Waals surface area contributed by atoms with Crippen molar-refractivity contribution >= 4 is 23.5 Å². The van der Waals surface area contributed by atoms with E-state index < -0.39 is 23.4 Å². The minimum Gasteiger partial charge on any atom is -0.463 e. The second-order valence-electron chi connectivity index (χ2n) is 3.65. The zero-order chi connectivity index (χ0) is 12.3. The van der Waals surface area contributed by atoms with Crippen molar-refractivity contribution in [1.29, 1.82) is 0 Å². The molecule has 5 heteroatoms. The van der Waals surface area contributed by atoms with Gasteiger partial charge in [-0.25, -0.2) is 4.79 Å². The molecule has 2 rings (SSSR count). The highest BCUT2D eigenvalue weighted by atomic mass is 35.5. The molecule has 17 heavy (non-hydrogen) atoms. The normalized spacial score (nSPS) is 20.8. The van der Waals surface area contributed by atoms with E-state index in [-0.39, 0.29) is 6.61 Å². The highest BCUT2D eigenvalue weighted by molar-refractivity contribution is 6.30. The Hall–Kier alpha value is -1.55. The molecule has 1 heterocycles. The van der Waals surface area contributed by atoms with E-state index in [9.17, 15) is 9.59 Å². The maximum atomic E-state index is 11.7. The Balaban J connectivity index is 1.98. The van der Waals surface area contributed by atoms with Crippen molar-refractivity contribution in [3.05, 3.63) is 35.9 Å². The Morgan fingerprint density at radius 2 is 2.12 bits per heavy atom. The summed E-state index contributed by atoms with van der Waals surface area (Å²) >= 11 is 5.96. The molecule has 0 radical (unpaired) electrons. The van der Waals surface area contributed by atoms with Gasteiger partial charge >= 0.3 is 11.9 Å². The summed E-state index contributed by atoms with van der Waals surface area (Å²) in [6.07, 6.45) is -0.421. The van der Waals surface area contributed by atoms with E-state index in [4.69, 9.17) is 21.1 Å². The van der Waals surface area contributed by atoms with Crippen LogP contribution in [-0.2, 0) is 19.1 Å². The van der Waals surface area contributed by atoms with Crippen LogP contribution in [0, 0.1) is 0 Å². The molecule has 0 N–H and O–H groups in total. The Kier molecular flexibility index (Phi) is 3.64. The third-order valence-electron chi connectivity index (χ3n) is 2.44. The quantitative estimate of drug-likeness (QED) is 0.610. The zero-order valence-electron chi connectivity index (χ0n) is 8.97. The Morgan fingerprint density at radius 3 is 2.71 bits per heavy atom. The summed E-state index contributed by atoms with van der Waals surface area (Å²) in [6.45, 7) is 0.287. The van der Waals surface area contributed by atoms with E-state index in [0.717, 1.165) is 0 Å². The van der Waals surface area contributed by atoms with Crippen molar-refractivity contribution in [3.8, 4) is 0 Å². The summed E-state index contributed by atoms with van der Waals surface area (Å²) in [5.74, 6) is -1.13. The van der Waals surface area contributed by atoms with Crippen LogP contribution in [0.5, 0.6) is 0 Å². The number of benzene rings is 1. The maximum Gasteiger partial charge on any atom is 0.347 e. The molecule has 0 amide bonds. The van der Waals surface area contributed by atoms with Gasteiger partial charge in [0.1, 0.15) is 0 Å². The van der Waals surface area contributed by atoms with Crippen LogP contribution in [0.25, 0.3) is 0 Å². The molecule has 1 unspecified atom stereocenters. The fourth-order valence-electron chi connectivity index (χ4n) is 1.54. The lowest BCUT2D eigenvalue weighted by atomic mass is 10.1. The number of carbonyl (C=O) groups is 2. The molecule has 1 aromatic carbocycles. The molecule has 0 bridgehead atoms. The minimum atomic E-state index is -0.899. The molecule has 1 aliphatic heterocycles. The lowest BCUT2D eigenvalue weighted by Gasteiger charge is -2.12. The summed E-state index contributed by atoms with van der Waals surface area (Å²) in [4.78, 5) is 22.8. The SMILES string of the molecule is O=C(O[C@H]1CCOC1=O)C(Cl)c1ccccc1. The van der Waals surface area contributed by atoms with Gasteiger partial charge in [-0.1, -0.05) is 30.3 Å². The largest absolute Gasteiger partial charge is 0.463 e. The van der Waals surface area contributed by atoms with Gasteiger partial charge in [0.15, 0.2) is 5.38 Å². The lowest BCUT2D eigenvalue weighted by Crippen LogP contribution is -2.24. The Bertz CT molecular complexity index is 418. The van der Waals surface area contributed by atoms with Gasteiger partial charge in [0.25, 0.3) is 0 Å². The first kappa shape index (κ1) is 11.9. The average molecular weight is 255 g/mol. The van der Waals surface area contributed by atoms with Crippen molar-refractivity contribution in [2.75, 3.05) is 6.61 Å². The predicted molar refractivity (Wildman–Crippen MR) is 60.5 cm³/mol. The molecule has 1 aromatic rings. The van der Waals surface area contributed by atoms with E-state index in [1.807, 2.05) is 6.07 Å². The van der Waals surface area contributed by atoms with Crippen LogP contribution in [0.4, 0.5) is 0 Å². The first-order valence-corrected chi connectivity index (χ1v) is 5.68. The molecule has 1 fully saturated rings. The molecular weight excluding hydrogens is 244 g/mol. The van der Waals surface area contributed by atoms with Crippen LogP contribution >= 0.6 is 11.6 Å². The van der Waals surface area contributed by atoms with Gasteiger partial charge < -0.3 is 9.47 Å². The van der Waals surface area contributed by atoms with Gasteiger partial charge in [0, 0.05) is 6.42 Å². The van der Waals surface area contributed by atoms with E-state index in [1.165, 1.54) is 0 Å². The second kappa shape index (κ2) is 5.19. The first-order valence-electron chi connectivity index (χ1n) is 5.24. The maximum absolute atomic E-state index is 11.7. The van der Waals surface area contributed by atoms with Crippen molar-refractivity contribution < 1.29 is 19.1 Å². The monoisotopic (exact) mass is 254 g/mol. The standard InChI is InChI=1S/C12H11ClO4/c13-10(8-4-2-1-3-5-8)12(15)17-9-6-7-16-11(9)14/h1-5,9-10H,6-7H2/t9-,10?/m0/s1. The topological polar surface area (TPSA) is 52.6 Å². The van der Waals surface area contributed by atoms with Crippen LogP contribution in [0.3, 0.4) is 0 Å². The number of hydrogen-bond acceptors (Lipinski definition) is 4. The molecule has 0 saturated carbocycles. The third kappa shape index (κ3) is 2.77. The number of hydrogen-bond donors (Lipinski definition) is 0. The molecule has 2 atom stereocenters. The summed E-state index contributed by atoms with van der Waals surface area (Å²) in [5, 5.41) is -0.899. The molecular formula is C12H11ClO4. The van der Waals surface area contributed by atoms with Crippen LogP contribution in [0.2, 0.25) is 0 Å². The van der Waals surface area contributed by atoms with Crippen molar-refractivity contribution in [2.45, 2.75) is 17.9 Å². The van der Waals surface area contributed by atoms with Gasteiger partial charge in [-0.05, 0) is 5.56 Å². The van der Waals surface area contributed by atoms with Crippen molar-refractivity contribution in [3.63, 3.8) is 0 Å². The van der Waals surface area contributed by atoms with E-state index >= 15 is 0 Å². The van der Waals surface area contributed by atoms with E-state index in [0.29, 0.717) is 12.0 Å². The smallest absolute Gasteiger partial charge is 0.347 e. The van der Waals surface area contributed by atoms with Crippen molar-refractivity contribution in [1.82, 2.24) is 0 Å². The number of carbonyl (C=O) groups excluding carboxylic acids is 2. The highest BCUT2D eigenvalue weighted by Crippen LogP contribution is 2.23. The molecule has 0 aromatic heterocycles. The number of esters is 2. The van der Waals surface area contributed by atoms with Gasteiger partial charge in [-0.3, -0.25) is 4.79 Å². The fourth-order valence-corrected chi connectivity index (χ4v) is 1.74. The van der Waals surface area contributed by atoms with Gasteiger partial charge in [0.05, 0.1) is 6.61 Å². The first-order chi connectivity index (χ1) is 8.18. The van der Waals surface area contributed by atoms with Gasteiger partial charge in [-0.15, -0.1) is 11.6 Å². The zero-order valence-corrected chi connectivity index (χ0v) is 9.72. The van der Waals surface area contributed by atoms with Crippen LogP contribution in [0.15, 0.2) is 30.3 Å². The Labute approximate surface area is 103 Å². The molecule has 0 aliphatic carbocycles. The third-order valence-corrected chi connectivity index (χ3v) is 2.87. The summed E-state index contributed by atoms with van der Waals surface area (Å²) < 4.78 is 9.69. The highest BCUT2D eigenvalue weighted by Gasteiger charge is 2.32. The number of ether oxygens (including phenoxy) is 2. The average Bonchev–Trinajstić information content (AvgIpc) is 2.75. The summed E-state index contributed by atoms with van der Waals surface area (Å²) in [7, 11) is 0. The summed E-state index contributed by atoms with van der Waals surface area (Å²) in [5.41, 5.74) is 0.644. The number of alkyl halides is 1. The fraction of sp³-hybridized carbons (Fsp3) is 0.333. The van der Waals surface area contributed by atoms with E-state index in [2.05, 4.69) is 0 Å². The number of halogens is 1. The van der Waals surface area contributed by atoms with Crippen LogP contribution in [0.1, 0.15) is 17.4 Å². The molecule has 4 nitrogen and oxygen atoms in total. The van der Waals surface area contributed by atoms with Gasteiger partial charge in [0.2, 0.25) is 6.10 Å². The van der Waals surface area contributed by atoms with Crippen molar-refractivity contribution in [2.24, 2.45) is 0 Å². The molecule has 1 saturated heterocycles. The predicted octanol–water partition coefficient (Wildman–Crippen LogP) is 1.83. The summed E-state index contributed by atoms with van der Waals surface area (Å²) in [6, 6.07) is 8.84. The Morgan fingerprint density at radius 1 is 1.41 bits per heavy atom. The van der Waals surface area contributed by atoms with Crippen LogP contribution < -0.4 is 0 Å². The number of cyclic esters (lactones) is 1. The van der Waals surface area contributed by atoms with Crippen LogP contribution in [-0.4, -0.2) is 24.6 Å². The minimum absolute atomic E-state index is 0.287. The van der Waals surface area contributed by atoms with Gasteiger partial charge in [-0.2, -0.15) is 0 Å². The lowest BCUT2D eigenvalue weighted by molar-refractivity contribution is -0.160. The number of rotatable bonds is 3. The molecule has 90 valence electrons. The molecule has 0 spiro atoms. The molecule has 1 aliphatic rings.